The van der Waals surface area contributed by atoms with Crippen molar-refractivity contribution in [2.45, 2.75) is 23.5 Å². The molecule has 1 amide bonds. The second-order valence-corrected chi connectivity index (χ2v) is 8.91. The monoisotopic (exact) mass is 443 g/mol. The molecule has 3 rings (SSSR count). The van der Waals surface area contributed by atoms with Crippen LogP contribution in [-0.2, 0) is 21.1 Å². The van der Waals surface area contributed by atoms with Gasteiger partial charge in [0, 0.05) is 6.54 Å². The lowest BCUT2D eigenvalue weighted by molar-refractivity contribution is -0.120. The number of rotatable bonds is 10. The molecule has 0 bridgehead atoms. The molecule has 0 aliphatic rings. The van der Waals surface area contributed by atoms with E-state index >= 15 is 0 Å². The molecule has 1 N–H and O–H groups in total. The van der Waals surface area contributed by atoms with Gasteiger partial charge in [-0.1, -0.05) is 12.1 Å². The predicted molar refractivity (Wildman–Crippen MR) is 116 cm³/mol. The van der Waals surface area contributed by atoms with Gasteiger partial charge in [-0.15, -0.1) is 0 Å². The van der Waals surface area contributed by atoms with Gasteiger partial charge in [0.2, 0.25) is 5.91 Å². The molecule has 31 heavy (non-hydrogen) atoms. The Morgan fingerprint density at radius 3 is 2.29 bits per heavy atom. The maximum Gasteiger partial charge on any atom is 0.224 e. The molecule has 0 radical (unpaired) electrons. The van der Waals surface area contributed by atoms with E-state index in [1.807, 2.05) is 19.1 Å². The summed E-state index contributed by atoms with van der Waals surface area (Å²) >= 11 is 0. The summed E-state index contributed by atoms with van der Waals surface area (Å²) in [5, 5.41) is 1.67. The Morgan fingerprint density at radius 1 is 1.03 bits per heavy atom. The number of sulfone groups is 1. The number of nitrogens with one attached hydrogen (secondary N) is 1. The lowest BCUT2D eigenvalue weighted by Crippen LogP contribution is -2.32. The average Bonchev–Trinajstić information content (AvgIpc) is 3.30. The van der Waals surface area contributed by atoms with Crippen LogP contribution in [0.3, 0.4) is 0 Å². The fourth-order valence-electron chi connectivity index (χ4n) is 3.09. The highest BCUT2D eigenvalue weighted by Crippen LogP contribution is 2.30. The SMILES string of the molecule is CCOc1ccc(CC(=O)NC[C@@H](c2ccco2)S(=O)(=O)c2ccc(OC)cc2)cc1. The van der Waals surface area contributed by atoms with Crippen LogP contribution in [0.25, 0.3) is 0 Å². The maximum atomic E-state index is 13.2. The summed E-state index contributed by atoms with van der Waals surface area (Å²) in [6.07, 6.45) is 1.54. The summed E-state index contributed by atoms with van der Waals surface area (Å²) in [5.41, 5.74) is 0.800. The Labute approximate surface area is 181 Å². The summed E-state index contributed by atoms with van der Waals surface area (Å²) in [7, 11) is -2.30. The van der Waals surface area contributed by atoms with Gasteiger partial charge < -0.3 is 19.2 Å². The number of furan rings is 1. The van der Waals surface area contributed by atoms with Gasteiger partial charge in [-0.2, -0.15) is 0 Å². The van der Waals surface area contributed by atoms with Crippen molar-refractivity contribution in [1.29, 1.82) is 0 Å². The van der Waals surface area contributed by atoms with Crippen molar-refractivity contribution in [2.75, 3.05) is 20.3 Å². The molecule has 0 fully saturated rings. The first-order chi connectivity index (χ1) is 14.9. The lowest BCUT2D eigenvalue weighted by Gasteiger charge is -2.17. The van der Waals surface area contributed by atoms with E-state index in [-0.39, 0.29) is 29.5 Å². The molecule has 0 unspecified atom stereocenters. The third kappa shape index (κ3) is 5.67. The molecule has 1 atom stereocenters. The van der Waals surface area contributed by atoms with Crippen LogP contribution in [-0.4, -0.2) is 34.6 Å². The molecule has 164 valence electrons. The van der Waals surface area contributed by atoms with Crippen molar-refractivity contribution in [3.63, 3.8) is 0 Å². The molecule has 1 aromatic heterocycles. The van der Waals surface area contributed by atoms with E-state index < -0.39 is 15.1 Å². The molecule has 3 aromatic rings. The molecule has 0 saturated carbocycles. The molecule has 0 aliphatic heterocycles. The van der Waals surface area contributed by atoms with Crippen molar-refractivity contribution in [3.8, 4) is 11.5 Å². The molecular formula is C23H25NO6S. The number of hydrogen-bond acceptors (Lipinski definition) is 6. The topological polar surface area (TPSA) is 94.8 Å². The van der Waals surface area contributed by atoms with E-state index in [1.54, 1.807) is 36.4 Å². The zero-order valence-corrected chi connectivity index (χ0v) is 18.2. The number of amides is 1. The average molecular weight is 444 g/mol. The molecular weight excluding hydrogens is 418 g/mol. The highest BCUT2D eigenvalue weighted by Gasteiger charge is 2.31. The van der Waals surface area contributed by atoms with E-state index in [0.717, 1.165) is 11.3 Å². The fraction of sp³-hybridized carbons (Fsp3) is 0.261. The maximum absolute atomic E-state index is 13.2. The van der Waals surface area contributed by atoms with Crippen LogP contribution in [0, 0.1) is 0 Å². The predicted octanol–water partition coefficient (Wildman–Crippen LogP) is 3.56. The summed E-state index contributed by atoms with van der Waals surface area (Å²) in [6, 6.07) is 16.5. The summed E-state index contributed by atoms with van der Waals surface area (Å²) in [6.45, 7) is 2.35. The third-order valence-electron chi connectivity index (χ3n) is 4.71. The molecule has 1 heterocycles. The summed E-state index contributed by atoms with van der Waals surface area (Å²) < 4.78 is 42.3. The minimum atomic E-state index is -3.81. The van der Waals surface area contributed by atoms with Crippen LogP contribution in [0.15, 0.2) is 76.2 Å². The van der Waals surface area contributed by atoms with Gasteiger partial charge in [0.05, 0.1) is 31.3 Å². The highest BCUT2D eigenvalue weighted by atomic mass is 32.2. The normalized spacial score (nSPS) is 12.2. The van der Waals surface area contributed by atoms with E-state index in [2.05, 4.69) is 5.32 Å². The zero-order chi connectivity index (χ0) is 22.3. The van der Waals surface area contributed by atoms with Crippen molar-refractivity contribution in [2.24, 2.45) is 0 Å². The van der Waals surface area contributed by atoms with Crippen LogP contribution in [0.4, 0.5) is 0 Å². The van der Waals surface area contributed by atoms with E-state index in [1.165, 1.54) is 25.5 Å². The van der Waals surface area contributed by atoms with Gasteiger partial charge in [-0.3, -0.25) is 4.79 Å². The van der Waals surface area contributed by atoms with Gasteiger partial charge in [0.25, 0.3) is 0 Å². The first-order valence-corrected chi connectivity index (χ1v) is 11.4. The number of hydrogen-bond donors (Lipinski definition) is 1. The lowest BCUT2D eigenvalue weighted by atomic mass is 10.1. The second kappa shape index (κ2) is 10.2. The Balaban J connectivity index is 1.72. The first kappa shape index (κ1) is 22.4. The number of ether oxygens (including phenoxy) is 2. The van der Waals surface area contributed by atoms with Gasteiger partial charge in [0.15, 0.2) is 9.84 Å². The van der Waals surface area contributed by atoms with Crippen LogP contribution in [0.1, 0.15) is 23.5 Å². The van der Waals surface area contributed by atoms with E-state index in [0.29, 0.717) is 12.4 Å². The summed E-state index contributed by atoms with van der Waals surface area (Å²) in [5.74, 6) is 1.26. The van der Waals surface area contributed by atoms with Crippen molar-refractivity contribution < 1.29 is 27.1 Å². The van der Waals surface area contributed by atoms with Crippen molar-refractivity contribution in [1.82, 2.24) is 5.32 Å². The van der Waals surface area contributed by atoms with Gasteiger partial charge in [-0.25, -0.2) is 8.42 Å². The minimum absolute atomic E-state index is 0.113. The second-order valence-electron chi connectivity index (χ2n) is 6.78. The summed E-state index contributed by atoms with van der Waals surface area (Å²) in [4.78, 5) is 12.6. The standard InChI is InChI=1S/C23H25NO6S/c1-3-29-19-8-6-17(7-9-19)15-23(25)24-16-22(21-5-4-14-30-21)31(26,27)20-12-10-18(28-2)11-13-20/h4-14,22H,3,15-16H2,1-2H3,(H,24,25)/t22-/m0/s1. The molecule has 0 spiro atoms. The van der Waals surface area contributed by atoms with Gasteiger partial charge in [0.1, 0.15) is 22.5 Å². The van der Waals surface area contributed by atoms with Gasteiger partial charge in [-0.05, 0) is 61.0 Å². The van der Waals surface area contributed by atoms with Gasteiger partial charge >= 0.3 is 0 Å². The molecule has 8 heteroatoms. The number of methoxy groups -OCH3 is 1. The van der Waals surface area contributed by atoms with Crippen LogP contribution < -0.4 is 14.8 Å². The Bertz CT molecular complexity index is 1070. The Morgan fingerprint density at radius 2 is 1.71 bits per heavy atom. The van der Waals surface area contributed by atoms with E-state index in [9.17, 15) is 13.2 Å². The third-order valence-corrected chi connectivity index (χ3v) is 6.78. The molecule has 7 nitrogen and oxygen atoms in total. The largest absolute Gasteiger partial charge is 0.497 e. The van der Waals surface area contributed by atoms with Crippen molar-refractivity contribution >= 4 is 15.7 Å². The molecule has 2 aromatic carbocycles. The smallest absolute Gasteiger partial charge is 0.224 e. The van der Waals surface area contributed by atoms with Crippen molar-refractivity contribution in [3.05, 3.63) is 78.3 Å². The Hall–Kier alpha value is -3.26. The van der Waals surface area contributed by atoms with Crippen LogP contribution in [0.2, 0.25) is 0 Å². The molecule has 0 saturated heterocycles. The number of benzene rings is 2. The first-order valence-electron chi connectivity index (χ1n) is 9.84. The zero-order valence-electron chi connectivity index (χ0n) is 17.4. The minimum Gasteiger partial charge on any atom is -0.497 e. The Kier molecular flexibility index (Phi) is 7.36. The van der Waals surface area contributed by atoms with E-state index in [4.69, 9.17) is 13.9 Å². The number of carbonyl (C=O) groups is 1. The highest BCUT2D eigenvalue weighted by molar-refractivity contribution is 7.91. The molecule has 0 aliphatic carbocycles. The quantitative estimate of drug-likeness (QED) is 0.515. The number of carbonyl (C=O) groups excluding carboxylic acids is 1. The van der Waals surface area contributed by atoms with Crippen LogP contribution >= 0.6 is 0 Å². The fourth-order valence-corrected chi connectivity index (χ4v) is 4.68. The van der Waals surface area contributed by atoms with Crippen LogP contribution in [0.5, 0.6) is 11.5 Å².